The van der Waals surface area contributed by atoms with Gasteiger partial charge >= 0.3 is 0 Å². The van der Waals surface area contributed by atoms with Crippen LogP contribution < -0.4 is 26.2 Å². The van der Waals surface area contributed by atoms with Gasteiger partial charge in [0.25, 0.3) is 6.71 Å². The quantitative estimate of drug-likeness (QED) is 0.161. The number of benzene rings is 6. The molecular weight excluding hydrogens is 836 g/mol. The maximum atomic E-state index is 7.25. The molecule has 0 radical (unpaired) electrons. The first-order chi connectivity index (χ1) is 32.1. The Morgan fingerprint density at radius 3 is 1.48 bits per heavy atom. The van der Waals surface area contributed by atoms with Gasteiger partial charge in [0, 0.05) is 39.2 Å². The number of rotatable bonds is 2. The second kappa shape index (κ2) is 13.8. The monoisotopic (exact) mass is 911 g/mol. The lowest BCUT2D eigenvalue weighted by molar-refractivity contribution is 0.332. The summed E-state index contributed by atoms with van der Waals surface area (Å²) >= 11 is 0. The van der Waals surface area contributed by atoms with Crippen molar-refractivity contribution in [1.29, 1.82) is 0 Å². The second-order valence-corrected chi connectivity index (χ2v) is 27.6. The van der Waals surface area contributed by atoms with Crippen molar-refractivity contribution in [3.8, 4) is 0 Å². The molecule has 6 aromatic carbocycles. The minimum absolute atomic E-state index is 0.0226. The molecule has 0 unspecified atom stereocenters. The number of hydrogen-bond acceptors (Lipinski definition) is 3. The summed E-state index contributed by atoms with van der Waals surface area (Å²) in [5.74, 6) is 0. The van der Waals surface area contributed by atoms with Crippen molar-refractivity contribution in [3.63, 3.8) is 0 Å². The zero-order chi connectivity index (χ0) is 49.1. The molecule has 0 saturated heterocycles. The normalized spacial score (nSPS) is 20.6. The van der Waals surface area contributed by atoms with E-state index in [9.17, 15) is 0 Å². The van der Waals surface area contributed by atoms with Gasteiger partial charge in [-0.2, -0.15) is 0 Å². The molecule has 3 aliphatic carbocycles. The smallest absolute Gasteiger partial charge is 0.252 e. The lowest BCUT2D eigenvalue weighted by atomic mass is 9.33. The van der Waals surface area contributed by atoms with Crippen molar-refractivity contribution in [2.75, 3.05) is 9.80 Å². The van der Waals surface area contributed by atoms with Gasteiger partial charge in [-0.25, -0.2) is 0 Å². The van der Waals surface area contributed by atoms with Crippen LogP contribution in [0.1, 0.15) is 186 Å². The number of hydrogen-bond donors (Lipinski definition) is 0. The van der Waals surface area contributed by atoms with E-state index in [0.717, 1.165) is 24.0 Å². The fraction of sp³-hybridized carbons (Fsp3) is 0.446. The molecule has 0 atom stereocenters. The minimum Gasteiger partial charge on any atom is -0.454 e. The lowest BCUT2D eigenvalue weighted by Gasteiger charge is -2.47. The summed E-state index contributed by atoms with van der Waals surface area (Å²) in [6.07, 6.45) is 5.84. The van der Waals surface area contributed by atoms with Gasteiger partial charge in [0.15, 0.2) is 5.58 Å². The van der Waals surface area contributed by atoms with Crippen LogP contribution >= 0.6 is 0 Å². The van der Waals surface area contributed by atoms with E-state index in [0.29, 0.717) is 0 Å². The van der Waals surface area contributed by atoms with Crippen LogP contribution in [0, 0.1) is 13.8 Å². The van der Waals surface area contributed by atoms with Gasteiger partial charge in [-0.1, -0.05) is 152 Å². The molecule has 12 rings (SSSR count). The fourth-order valence-corrected chi connectivity index (χ4v) is 14.6. The molecule has 0 fully saturated rings. The average molecular weight is 911 g/mol. The Bertz CT molecular complexity index is 3400. The molecular formula is C65H75BN2O. The molecule has 0 bridgehead atoms. The highest BCUT2D eigenvalue weighted by Crippen LogP contribution is 2.57. The SMILES string of the molecule is Cc1cc2c(cc1N1c3cc4c(cc3B3c5ccc6c(oc7ccccc76)c5N(c5cc6c(cc5C)C(C)(C)CCC6(C)C)c5cc(C(C)(C)C)cc1c53)C(C)(C)CC4(C)C)C(C)(C)CCC2(C)C. The zero-order valence-electron chi connectivity index (χ0n) is 45.0. The van der Waals surface area contributed by atoms with E-state index in [1.807, 2.05) is 0 Å². The Kier molecular flexibility index (Phi) is 8.99. The van der Waals surface area contributed by atoms with Crippen LogP contribution in [0.15, 0.2) is 89.3 Å². The molecule has 5 aliphatic rings. The van der Waals surface area contributed by atoms with Gasteiger partial charge < -0.3 is 14.2 Å². The van der Waals surface area contributed by atoms with Crippen LogP contribution in [0.25, 0.3) is 21.9 Å². The molecule has 3 nitrogen and oxygen atoms in total. The highest BCUT2D eigenvalue weighted by atomic mass is 16.3. The van der Waals surface area contributed by atoms with Crippen LogP contribution in [0.4, 0.5) is 34.1 Å². The highest BCUT2D eigenvalue weighted by molar-refractivity contribution is 7.00. The topological polar surface area (TPSA) is 19.6 Å². The molecule has 0 amide bonds. The molecule has 69 heavy (non-hydrogen) atoms. The molecule has 0 spiro atoms. The van der Waals surface area contributed by atoms with Crippen LogP contribution in [-0.2, 0) is 37.9 Å². The number of aryl methyl sites for hydroxylation is 2. The van der Waals surface area contributed by atoms with E-state index < -0.39 is 0 Å². The predicted octanol–water partition coefficient (Wildman–Crippen LogP) is 16.2. The fourth-order valence-electron chi connectivity index (χ4n) is 14.6. The number of fused-ring (bicyclic) bond motifs is 11. The van der Waals surface area contributed by atoms with Gasteiger partial charge in [-0.3, -0.25) is 0 Å². The summed E-state index contributed by atoms with van der Waals surface area (Å²) in [5, 5.41) is 2.34. The average Bonchev–Trinajstić information content (AvgIpc) is 3.73. The van der Waals surface area contributed by atoms with Crippen LogP contribution in [0.2, 0.25) is 0 Å². The first-order valence-electron chi connectivity index (χ1n) is 26.3. The van der Waals surface area contributed by atoms with E-state index in [1.165, 1.54) is 131 Å². The summed E-state index contributed by atoms with van der Waals surface area (Å²) in [6, 6.07) is 34.4. The predicted molar refractivity (Wildman–Crippen MR) is 297 cm³/mol. The maximum Gasteiger partial charge on any atom is 0.252 e. The number of para-hydroxylation sites is 1. The number of furan rings is 1. The van der Waals surface area contributed by atoms with E-state index in [-0.39, 0.29) is 44.6 Å². The maximum absolute atomic E-state index is 7.25. The van der Waals surface area contributed by atoms with Gasteiger partial charge in [-0.15, -0.1) is 0 Å². The molecule has 4 heteroatoms. The largest absolute Gasteiger partial charge is 0.454 e. The van der Waals surface area contributed by atoms with Crippen molar-refractivity contribution < 1.29 is 4.42 Å². The summed E-state index contributed by atoms with van der Waals surface area (Å²) in [6.45, 7) is 41.6. The molecule has 7 aromatic rings. The Morgan fingerprint density at radius 1 is 0.464 bits per heavy atom. The lowest BCUT2D eigenvalue weighted by Crippen LogP contribution is -2.61. The van der Waals surface area contributed by atoms with Crippen molar-refractivity contribution in [2.45, 2.75) is 188 Å². The van der Waals surface area contributed by atoms with Crippen molar-refractivity contribution in [2.24, 2.45) is 0 Å². The van der Waals surface area contributed by atoms with Crippen LogP contribution in [-0.4, -0.2) is 6.71 Å². The zero-order valence-corrected chi connectivity index (χ0v) is 45.0. The third kappa shape index (κ3) is 6.24. The van der Waals surface area contributed by atoms with E-state index in [1.54, 1.807) is 0 Å². The third-order valence-corrected chi connectivity index (χ3v) is 18.7. The van der Waals surface area contributed by atoms with E-state index in [4.69, 9.17) is 4.42 Å². The molecule has 0 N–H and O–H groups in total. The van der Waals surface area contributed by atoms with Crippen LogP contribution in [0.5, 0.6) is 0 Å². The Morgan fingerprint density at radius 2 is 0.928 bits per heavy atom. The van der Waals surface area contributed by atoms with E-state index in [2.05, 4.69) is 212 Å². The molecule has 2 aliphatic heterocycles. The third-order valence-electron chi connectivity index (χ3n) is 18.7. The van der Waals surface area contributed by atoms with Crippen molar-refractivity contribution in [3.05, 3.63) is 135 Å². The van der Waals surface area contributed by atoms with Gasteiger partial charge in [-0.05, 0) is 187 Å². The summed E-state index contributed by atoms with van der Waals surface area (Å²) in [7, 11) is 0. The second-order valence-electron chi connectivity index (χ2n) is 27.6. The van der Waals surface area contributed by atoms with Crippen molar-refractivity contribution in [1.82, 2.24) is 0 Å². The summed E-state index contributed by atoms with van der Waals surface area (Å²) < 4.78 is 7.25. The van der Waals surface area contributed by atoms with Gasteiger partial charge in [0.2, 0.25) is 0 Å². The minimum atomic E-state index is -0.137. The number of nitrogens with zero attached hydrogens (tertiary/aromatic N) is 2. The number of anilines is 6. The molecule has 0 saturated carbocycles. The molecule has 3 heterocycles. The Balaban J connectivity index is 1.26. The van der Waals surface area contributed by atoms with E-state index >= 15 is 0 Å². The van der Waals surface area contributed by atoms with Crippen LogP contribution in [0.3, 0.4) is 0 Å². The van der Waals surface area contributed by atoms with Gasteiger partial charge in [0.1, 0.15) is 5.58 Å². The first-order valence-corrected chi connectivity index (χ1v) is 26.3. The summed E-state index contributed by atoms with van der Waals surface area (Å²) in [4.78, 5) is 5.44. The standard InChI is InChI=1S/C65H75BN2O/c1-37-28-42-45(62(10,11)26-24-60(42,6)7)33-50(37)67-52-35-47-44(64(14,15)36-65(47,16)17)32-49(52)66-48-23-22-41-40-20-18-19-21-55(40)69-58(41)57(48)68(54-31-39(59(3,4)5)30-53(67)56(54)66)51-34-46-43(29-38(51)2)61(8,9)25-27-63(46,12)13/h18-23,28-35H,24-27,36H2,1-17H3. The summed E-state index contributed by atoms with van der Waals surface area (Å²) in [5.41, 5.74) is 26.8. The Labute approximate surface area is 414 Å². The first kappa shape index (κ1) is 45.0. The molecule has 354 valence electrons. The Hall–Kier alpha value is -5.22. The highest BCUT2D eigenvalue weighted by Gasteiger charge is 2.50. The van der Waals surface area contributed by atoms with Gasteiger partial charge in [0.05, 0.1) is 5.69 Å². The van der Waals surface area contributed by atoms with Crippen molar-refractivity contribution >= 4 is 79.2 Å². The molecule has 1 aromatic heterocycles.